The number of rotatable bonds is 7. The van der Waals surface area contributed by atoms with E-state index < -0.39 is 0 Å². The van der Waals surface area contributed by atoms with Gasteiger partial charge in [0, 0.05) is 35.8 Å². The Kier molecular flexibility index (Phi) is 7.16. The van der Waals surface area contributed by atoms with Crippen LogP contribution in [0.4, 0.5) is 4.39 Å². The van der Waals surface area contributed by atoms with Gasteiger partial charge in [0.2, 0.25) is 0 Å². The summed E-state index contributed by atoms with van der Waals surface area (Å²) in [5.74, 6) is 2.85. The van der Waals surface area contributed by atoms with E-state index in [0.717, 1.165) is 82.6 Å². The van der Waals surface area contributed by atoms with Gasteiger partial charge in [0.15, 0.2) is 0 Å². The zero-order valence-corrected chi connectivity index (χ0v) is 21.0. The van der Waals surface area contributed by atoms with E-state index in [2.05, 4.69) is 22.2 Å². The summed E-state index contributed by atoms with van der Waals surface area (Å²) >= 11 is 1.76. The molecule has 35 heavy (non-hydrogen) atoms. The summed E-state index contributed by atoms with van der Waals surface area (Å²) in [7, 11) is 0. The lowest BCUT2D eigenvalue weighted by Gasteiger charge is -2.18. The van der Waals surface area contributed by atoms with Gasteiger partial charge < -0.3 is 14.4 Å². The van der Waals surface area contributed by atoms with Crippen molar-refractivity contribution < 1.29 is 18.8 Å². The van der Waals surface area contributed by atoms with Crippen molar-refractivity contribution in [2.45, 2.75) is 44.1 Å². The molecule has 5 rings (SSSR count). The highest BCUT2D eigenvalue weighted by Crippen LogP contribution is 2.45. The van der Waals surface area contributed by atoms with Gasteiger partial charge in [0.25, 0.3) is 0 Å². The summed E-state index contributed by atoms with van der Waals surface area (Å²) in [5, 5.41) is 14.3. The molecular weight excluding hydrogens is 463 g/mol. The summed E-state index contributed by atoms with van der Waals surface area (Å²) < 4.78 is 24.3. The van der Waals surface area contributed by atoms with Crippen molar-refractivity contribution in [3.63, 3.8) is 0 Å². The van der Waals surface area contributed by atoms with Crippen molar-refractivity contribution in [3.8, 4) is 11.5 Å². The number of allylic oxidation sites excluding steroid dienone is 1. The third-order valence-corrected chi connectivity index (χ3v) is 7.82. The van der Waals surface area contributed by atoms with Gasteiger partial charge in [0.1, 0.15) is 23.4 Å². The Labute approximate surface area is 210 Å². The van der Waals surface area contributed by atoms with Crippen LogP contribution in [0.5, 0.6) is 11.5 Å². The number of phenols is 1. The predicted octanol–water partition coefficient (Wildman–Crippen LogP) is 6.26. The topological polar surface area (TPSA) is 58.7 Å². The third kappa shape index (κ3) is 5.11. The number of halogens is 1. The molecule has 0 aliphatic carbocycles. The number of hydrogen-bond acceptors (Lipinski definition) is 6. The van der Waals surface area contributed by atoms with Crippen LogP contribution in [0.3, 0.4) is 0 Å². The molecule has 3 heterocycles. The van der Waals surface area contributed by atoms with Gasteiger partial charge in [-0.2, -0.15) is 0 Å². The highest BCUT2D eigenvalue weighted by Gasteiger charge is 2.26. The summed E-state index contributed by atoms with van der Waals surface area (Å²) in [5.41, 5.74) is 6.52. The molecule has 0 amide bonds. The van der Waals surface area contributed by atoms with E-state index in [0.29, 0.717) is 6.42 Å². The summed E-state index contributed by atoms with van der Waals surface area (Å²) in [6.45, 7) is 6.28. The lowest BCUT2D eigenvalue weighted by atomic mass is 9.87. The van der Waals surface area contributed by atoms with Crippen LogP contribution < -0.4 is 4.74 Å². The maximum Gasteiger partial charge on any atom is 0.141 e. The average Bonchev–Trinajstić information content (AvgIpc) is 3.38. The first-order valence-electron chi connectivity index (χ1n) is 12.2. The zero-order valence-electron chi connectivity index (χ0n) is 20.2. The van der Waals surface area contributed by atoms with Gasteiger partial charge in [-0.15, -0.1) is 11.8 Å². The molecule has 1 aromatic heterocycles. The molecule has 1 N–H and O–H groups in total. The standard InChI is InChI=1S/C28H31FN2O3S/c1-18-27(19(2)34-30-18)25-11-15-35-26-16-21(32)6-9-24(26)28(25)20-4-7-22(8-5-20)33-23-10-14-31(17-23)13-3-12-29/h4-9,16,23,32H,3,10-15,17H2,1-2H3/t23-/m0/s1. The second-order valence-electron chi connectivity index (χ2n) is 9.23. The van der Waals surface area contributed by atoms with Gasteiger partial charge in [0.05, 0.1) is 12.4 Å². The molecule has 0 radical (unpaired) electrons. The minimum atomic E-state index is -0.267. The van der Waals surface area contributed by atoms with Crippen LogP contribution in [0.1, 0.15) is 47.4 Å². The Morgan fingerprint density at radius 2 is 2.03 bits per heavy atom. The summed E-state index contributed by atoms with van der Waals surface area (Å²) in [6.07, 6.45) is 2.55. The first-order chi connectivity index (χ1) is 17.0. The number of likely N-dealkylation sites (tertiary alicyclic amines) is 1. The molecule has 0 saturated carbocycles. The Hall–Kier alpha value is -2.77. The smallest absolute Gasteiger partial charge is 0.141 e. The summed E-state index contributed by atoms with van der Waals surface area (Å²) in [4.78, 5) is 3.34. The number of fused-ring (bicyclic) bond motifs is 1. The highest BCUT2D eigenvalue weighted by atomic mass is 32.2. The molecule has 1 atom stereocenters. The number of ether oxygens (including phenoxy) is 1. The SMILES string of the molecule is Cc1noc(C)c1C1=C(c2ccc(O[C@H]3CCN(CCCF)C3)cc2)c2ccc(O)cc2SCC1. The van der Waals surface area contributed by atoms with E-state index >= 15 is 0 Å². The molecule has 7 heteroatoms. The third-order valence-electron chi connectivity index (χ3n) is 6.76. The monoisotopic (exact) mass is 494 g/mol. The fraction of sp³-hybridized carbons (Fsp3) is 0.393. The number of nitrogens with zero attached hydrogens (tertiary/aromatic N) is 2. The van der Waals surface area contributed by atoms with Gasteiger partial charge in [-0.1, -0.05) is 17.3 Å². The maximum absolute atomic E-state index is 12.5. The van der Waals surface area contributed by atoms with Crippen molar-refractivity contribution in [2.75, 3.05) is 32.1 Å². The molecule has 2 aliphatic heterocycles. The van der Waals surface area contributed by atoms with E-state index in [1.165, 1.54) is 5.57 Å². The van der Waals surface area contributed by atoms with E-state index in [-0.39, 0.29) is 18.5 Å². The fourth-order valence-electron chi connectivity index (χ4n) is 5.15. The minimum Gasteiger partial charge on any atom is -0.508 e. The molecule has 184 valence electrons. The number of benzene rings is 2. The lowest BCUT2D eigenvalue weighted by molar-refractivity contribution is 0.198. The molecule has 0 bridgehead atoms. The molecule has 0 unspecified atom stereocenters. The number of aromatic hydroxyl groups is 1. The first-order valence-corrected chi connectivity index (χ1v) is 13.2. The molecule has 1 saturated heterocycles. The Morgan fingerprint density at radius 1 is 1.20 bits per heavy atom. The zero-order chi connectivity index (χ0) is 24.4. The van der Waals surface area contributed by atoms with Gasteiger partial charge >= 0.3 is 0 Å². The fourth-order valence-corrected chi connectivity index (χ4v) is 6.21. The maximum atomic E-state index is 12.5. The van der Waals surface area contributed by atoms with E-state index in [9.17, 15) is 9.50 Å². The second-order valence-corrected chi connectivity index (χ2v) is 10.4. The Morgan fingerprint density at radius 3 is 2.77 bits per heavy atom. The number of aryl methyl sites for hydroxylation is 2. The first kappa shape index (κ1) is 23.9. The van der Waals surface area contributed by atoms with Crippen molar-refractivity contribution >= 4 is 22.9 Å². The Bertz CT molecular complexity index is 1200. The van der Waals surface area contributed by atoms with Crippen LogP contribution in [0, 0.1) is 13.8 Å². The van der Waals surface area contributed by atoms with Crippen LogP contribution in [0.15, 0.2) is 51.9 Å². The van der Waals surface area contributed by atoms with E-state index in [1.807, 2.05) is 38.1 Å². The Balaban J connectivity index is 1.48. The number of hydrogen-bond donors (Lipinski definition) is 1. The van der Waals surface area contributed by atoms with E-state index in [4.69, 9.17) is 9.26 Å². The number of thioether (sulfide) groups is 1. The van der Waals surface area contributed by atoms with Crippen molar-refractivity contribution in [3.05, 3.63) is 70.6 Å². The van der Waals surface area contributed by atoms with Crippen LogP contribution in [-0.4, -0.2) is 53.3 Å². The van der Waals surface area contributed by atoms with Crippen LogP contribution >= 0.6 is 11.8 Å². The molecule has 0 spiro atoms. The van der Waals surface area contributed by atoms with Crippen molar-refractivity contribution in [1.82, 2.24) is 10.1 Å². The molecule has 5 nitrogen and oxygen atoms in total. The van der Waals surface area contributed by atoms with Gasteiger partial charge in [-0.25, -0.2) is 0 Å². The summed E-state index contributed by atoms with van der Waals surface area (Å²) in [6, 6.07) is 13.9. The number of aromatic nitrogens is 1. The molecule has 2 aliphatic rings. The quantitative estimate of drug-likeness (QED) is 0.418. The number of phenolic OH excluding ortho intramolecular Hbond substituents is 1. The normalized spacial score (nSPS) is 18.5. The number of alkyl halides is 1. The molecule has 1 fully saturated rings. The molecule has 3 aromatic rings. The van der Waals surface area contributed by atoms with Crippen LogP contribution in [0.2, 0.25) is 0 Å². The van der Waals surface area contributed by atoms with Crippen molar-refractivity contribution in [2.24, 2.45) is 0 Å². The van der Waals surface area contributed by atoms with E-state index in [1.54, 1.807) is 17.8 Å². The predicted molar refractivity (Wildman–Crippen MR) is 138 cm³/mol. The van der Waals surface area contributed by atoms with Gasteiger partial charge in [-0.05, 0) is 85.7 Å². The molecular formula is C28H31FN2O3S. The van der Waals surface area contributed by atoms with Gasteiger partial charge in [-0.3, -0.25) is 9.29 Å². The molecule has 2 aromatic carbocycles. The highest BCUT2D eigenvalue weighted by molar-refractivity contribution is 7.99. The minimum absolute atomic E-state index is 0.135. The lowest BCUT2D eigenvalue weighted by Crippen LogP contribution is -2.26. The van der Waals surface area contributed by atoms with Crippen LogP contribution in [-0.2, 0) is 0 Å². The van der Waals surface area contributed by atoms with Crippen molar-refractivity contribution in [1.29, 1.82) is 0 Å². The average molecular weight is 495 g/mol. The second kappa shape index (κ2) is 10.5. The largest absolute Gasteiger partial charge is 0.508 e. The van der Waals surface area contributed by atoms with Crippen LogP contribution in [0.25, 0.3) is 11.1 Å².